The summed E-state index contributed by atoms with van der Waals surface area (Å²) in [4.78, 5) is 28.9. The molecule has 0 heterocycles. The first-order valence-electron chi connectivity index (χ1n) is 12.4. The molecule has 3 rings (SSSR count). The van der Waals surface area contributed by atoms with Crippen LogP contribution in [0.1, 0.15) is 24.5 Å². The monoisotopic (exact) mass is 643 g/mol. The lowest BCUT2D eigenvalue weighted by Gasteiger charge is -2.34. The number of carbonyl (C=O) groups is 2. The number of sulfonamides is 1. The third kappa shape index (κ3) is 8.75. The quantitative estimate of drug-likeness (QED) is 0.253. The van der Waals surface area contributed by atoms with Crippen molar-refractivity contribution in [3.8, 4) is 0 Å². The number of hydrogen-bond acceptors (Lipinski definition) is 4. The summed E-state index contributed by atoms with van der Waals surface area (Å²) in [6.07, 6.45) is 1.83. The fourth-order valence-electron chi connectivity index (χ4n) is 4.07. The number of anilines is 1. The van der Waals surface area contributed by atoms with Gasteiger partial charge >= 0.3 is 0 Å². The van der Waals surface area contributed by atoms with Crippen LogP contribution in [-0.4, -0.2) is 50.5 Å². The molecule has 3 aromatic rings. The summed E-state index contributed by atoms with van der Waals surface area (Å²) in [5.41, 5.74) is 1.35. The molecule has 0 fully saturated rings. The van der Waals surface area contributed by atoms with Crippen molar-refractivity contribution in [2.45, 2.75) is 32.4 Å². The molecule has 7 nitrogen and oxygen atoms in total. The maximum Gasteiger partial charge on any atom is 0.244 e. The molecule has 0 radical (unpaired) electrons. The molecule has 0 spiro atoms. The van der Waals surface area contributed by atoms with Crippen molar-refractivity contribution in [3.05, 3.63) is 97.9 Å². The maximum atomic E-state index is 14.1. The minimum atomic E-state index is -3.97. The first kappa shape index (κ1) is 32.0. The Morgan fingerprint density at radius 1 is 0.900 bits per heavy atom. The molecule has 40 heavy (non-hydrogen) atoms. The molecule has 3 aromatic carbocycles. The van der Waals surface area contributed by atoms with Crippen LogP contribution < -0.4 is 9.62 Å². The highest BCUT2D eigenvalue weighted by molar-refractivity contribution is 7.92. The zero-order valence-corrected chi connectivity index (χ0v) is 25.8. The molecule has 1 N–H and O–H groups in total. The smallest absolute Gasteiger partial charge is 0.244 e. The Kier molecular flexibility index (Phi) is 11.5. The van der Waals surface area contributed by atoms with E-state index in [9.17, 15) is 18.0 Å². The lowest BCUT2D eigenvalue weighted by Crippen LogP contribution is -2.53. The normalized spacial score (nSPS) is 12.1. The van der Waals surface area contributed by atoms with Gasteiger partial charge in [0.2, 0.25) is 21.8 Å². The second-order valence-corrected chi connectivity index (χ2v) is 12.7. The van der Waals surface area contributed by atoms with Crippen molar-refractivity contribution >= 4 is 73.9 Å². The predicted molar refractivity (Wildman–Crippen MR) is 163 cm³/mol. The van der Waals surface area contributed by atoms with Crippen LogP contribution in [0.15, 0.2) is 66.7 Å². The molecule has 0 aliphatic carbocycles. The molecule has 214 valence electrons. The van der Waals surface area contributed by atoms with Crippen LogP contribution in [0.2, 0.25) is 20.1 Å². The summed E-state index contributed by atoms with van der Waals surface area (Å²) in [5, 5.41) is 3.87. The fourth-order valence-corrected chi connectivity index (χ4v) is 5.94. The van der Waals surface area contributed by atoms with Gasteiger partial charge in [0.15, 0.2) is 0 Å². The molecule has 1 atom stereocenters. The minimum Gasteiger partial charge on any atom is -0.354 e. The Morgan fingerprint density at radius 3 is 2.05 bits per heavy atom. The summed E-state index contributed by atoms with van der Waals surface area (Å²) < 4.78 is 26.6. The highest BCUT2D eigenvalue weighted by atomic mass is 35.5. The third-order valence-corrected chi connectivity index (χ3v) is 8.31. The van der Waals surface area contributed by atoms with E-state index >= 15 is 0 Å². The van der Waals surface area contributed by atoms with Crippen molar-refractivity contribution in [2.75, 3.05) is 23.7 Å². The van der Waals surface area contributed by atoms with Crippen molar-refractivity contribution in [3.63, 3.8) is 0 Å². The third-order valence-electron chi connectivity index (χ3n) is 6.02. The first-order chi connectivity index (χ1) is 18.9. The Bertz CT molecular complexity index is 1410. The summed E-state index contributed by atoms with van der Waals surface area (Å²) in [6.45, 7) is 1.56. The second-order valence-electron chi connectivity index (χ2n) is 9.12. The van der Waals surface area contributed by atoms with Gasteiger partial charge < -0.3 is 10.2 Å². The van der Waals surface area contributed by atoms with Gasteiger partial charge in [-0.05, 0) is 42.3 Å². The molecule has 0 aliphatic rings. The van der Waals surface area contributed by atoms with E-state index in [0.717, 1.165) is 16.1 Å². The van der Waals surface area contributed by atoms with Gasteiger partial charge in [0, 0.05) is 45.2 Å². The predicted octanol–water partition coefficient (Wildman–Crippen LogP) is 6.23. The lowest BCUT2D eigenvalue weighted by molar-refractivity contribution is -0.140. The number of hydrogen-bond donors (Lipinski definition) is 1. The first-order valence-corrected chi connectivity index (χ1v) is 15.7. The Balaban J connectivity index is 2.11. The number of amides is 2. The van der Waals surface area contributed by atoms with Crippen LogP contribution >= 0.6 is 46.4 Å². The van der Waals surface area contributed by atoms with Crippen molar-refractivity contribution in [1.29, 1.82) is 0 Å². The van der Waals surface area contributed by atoms with E-state index in [1.165, 1.54) is 23.1 Å². The molecular weight excluding hydrogens is 616 g/mol. The van der Waals surface area contributed by atoms with Gasteiger partial charge in [-0.1, -0.05) is 89.7 Å². The number of nitrogens with one attached hydrogen (secondary N) is 1. The van der Waals surface area contributed by atoms with E-state index in [0.29, 0.717) is 28.6 Å². The minimum absolute atomic E-state index is 0.110. The van der Waals surface area contributed by atoms with Gasteiger partial charge in [-0.2, -0.15) is 0 Å². The van der Waals surface area contributed by atoms with E-state index in [-0.39, 0.29) is 34.6 Å². The van der Waals surface area contributed by atoms with E-state index in [4.69, 9.17) is 46.4 Å². The molecule has 0 aromatic heterocycles. The van der Waals surface area contributed by atoms with Crippen molar-refractivity contribution in [1.82, 2.24) is 10.2 Å². The highest BCUT2D eigenvalue weighted by Gasteiger charge is 2.33. The standard InChI is InChI=1S/C28H29Cl4N3O4S/c1-3-12-33-28(37)26(13-19-8-5-4-6-9-19)34(17-23-24(31)10-7-11-25(23)32)27(36)18-35(40(2,38)39)22-15-20(29)14-21(30)16-22/h4-11,14-16,26H,3,12-13,17-18H2,1-2H3,(H,33,37)/t26-/m1/s1. The zero-order chi connectivity index (χ0) is 29.4. The average molecular weight is 645 g/mol. The van der Waals surface area contributed by atoms with Gasteiger partial charge in [-0.3, -0.25) is 13.9 Å². The molecule has 12 heteroatoms. The molecule has 0 aliphatic heterocycles. The number of benzene rings is 3. The maximum absolute atomic E-state index is 14.1. The number of carbonyl (C=O) groups excluding carboxylic acids is 2. The highest BCUT2D eigenvalue weighted by Crippen LogP contribution is 2.29. The van der Waals surface area contributed by atoms with Gasteiger partial charge in [-0.25, -0.2) is 8.42 Å². The summed E-state index contributed by atoms with van der Waals surface area (Å²) in [5.74, 6) is -1.04. The topological polar surface area (TPSA) is 86.8 Å². The van der Waals surface area contributed by atoms with Gasteiger partial charge in [0.25, 0.3) is 0 Å². The molecule has 0 unspecified atom stereocenters. The SMILES string of the molecule is CCCNC(=O)[C@@H](Cc1ccccc1)N(Cc1c(Cl)cccc1Cl)C(=O)CN(c1cc(Cl)cc(Cl)c1)S(C)(=O)=O. The second kappa shape index (κ2) is 14.4. The lowest BCUT2D eigenvalue weighted by atomic mass is 10.0. The van der Waals surface area contributed by atoms with Gasteiger partial charge in [0.05, 0.1) is 11.9 Å². The summed E-state index contributed by atoms with van der Waals surface area (Å²) >= 11 is 25.2. The van der Waals surface area contributed by atoms with Gasteiger partial charge in [0.1, 0.15) is 12.6 Å². The van der Waals surface area contributed by atoms with Crippen LogP contribution in [0.3, 0.4) is 0 Å². The zero-order valence-electron chi connectivity index (χ0n) is 21.9. The van der Waals surface area contributed by atoms with Crippen LogP contribution in [0.4, 0.5) is 5.69 Å². The summed E-state index contributed by atoms with van der Waals surface area (Å²) in [7, 11) is -3.97. The molecule has 2 amide bonds. The van der Waals surface area contributed by atoms with Crippen LogP contribution in [0.25, 0.3) is 0 Å². The number of rotatable bonds is 12. The fraction of sp³-hybridized carbons (Fsp3) is 0.286. The summed E-state index contributed by atoms with van der Waals surface area (Å²) in [6, 6.07) is 17.4. The van der Waals surface area contributed by atoms with Crippen molar-refractivity contribution in [2.24, 2.45) is 0 Å². The average Bonchev–Trinajstić information content (AvgIpc) is 2.88. The molecule has 0 saturated carbocycles. The van der Waals surface area contributed by atoms with Crippen LogP contribution in [-0.2, 0) is 32.6 Å². The van der Waals surface area contributed by atoms with Crippen LogP contribution in [0.5, 0.6) is 0 Å². The van der Waals surface area contributed by atoms with E-state index in [1.54, 1.807) is 18.2 Å². The molecular formula is C28H29Cl4N3O4S. The number of nitrogens with zero attached hydrogens (tertiary/aromatic N) is 2. The van der Waals surface area contributed by atoms with E-state index < -0.39 is 28.5 Å². The largest absolute Gasteiger partial charge is 0.354 e. The van der Waals surface area contributed by atoms with Crippen molar-refractivity contribution < 1.29 is 18.0 Å². The van der Waals surface area contributed by atoms with E-state index in [1.807, 2.05) is 37.3 Å². The molecule has 0 bridgehead atoms. The van der Waals surface area contributed by atoms with Crippen LogP contribution in [0, 0.1) is 0 Å². The molecule has 0 saturated heterocycles. The Morgan fingerprint density at radius 2 is 1.50 bits per heavy atom. The van der Waals surface area contributed by atoms with Gasteiger partial charge in [-0.15, -0.1) is 0 Å². The Hall–Kier alpha value is -2.49. The van der Waals surface area contributed by atoms with E-state index in [2.05, 4.69) is 5.32 Å². The number of halogens is 4. The Labute approximate surface area is 255 Å².